The van der Waals surface area contributed by atoms with Crippen LogP contribution in [0.4, 0.5) is 4.79 Å². The number of alkyl carbamates (subject to hydrolysis) is 1. The summed E-state index contributed by atoms with van der Waals surface area (Å²) in [5.41, 5.74) is 0.870. The Bertz CT molecular complexity index is 351. The van der Waals surface area contributed by atoms with Gasteiger partial charge in [-0.2, -0.15) is 0 Å². The molecule has 0 aromatic carbocycles. The molecule has 2 rings (SSSR count). The molecule has 1 atom stereocenters. The molecule has 15 heavy (non-hydrogen) atoms. The van der Waals surface area contributed by atoms with E-state index in [2.05, 4.69) is 20.9 Å². The van der Waals surface area contributed by atoms with Crippen molar-refractivity contribution in [1.82, 2.24) is 25.6 Å². The SMILES string of the molecule is CNCc1cn(CC2CNC(=O)O2)nn1. The third-order valence-electron chi connectivity index (χ3n) is 2.08. The van der Waals surface area contributed by atoms with E-state index in [0.29, 0.717) is 19.6 Å². The highest BCUT2D eigenvalue weighted by Gasteiger charge is 2.23. The van der Waals surface area contributed by atoms with Gasteiger partial charge in [0.25, 0.3) is 0 Å². The molecule has 82 valence electrons. The summed E-state index contributed by atoms with van der Waals surface area (Å²) in [6.07, 6.45) is 1.32. The van der Waals surface area contributed by atoms with E-state index in [-0.39, 0.29) is 12.2 Å². The standard InChI is InChI=1S/C8H13N5O2/c1-9-2-6-4-13(12-11-6)5-7-3-10-8(14)15-7/h4,7,9H,2-3,5H2,1H3,(H,10,14). The molecule has 0 bridgehead atoms. The minimum atomic E-state index is -0.365. The van der Waals surface area contributed by atoms with Crippen LogP contribution in [0.3, 0.4) is 0 Å². The third-order valence-corrected chi connectivity index (χ3v) is 2.08. The molecule has 2 heterocycles. The van der Waals surface area contributed by atoms with Gasteiger partial charge in [-0.3, -0.25) is 0 Å². The van der Waals surface area contributed by atoms with Crippen molar-refractivity contribution in [2.75, 3.05) is 13.6 Å². The van der Waals surface area contributed by atoms with Gasteiger partial charge in [0, 0.05) is 12.7 Å². The molecule has 1 amide bonds. The van der Waals surface area contributed by atoms with Crippen molar-refractivity contribution in [3.8, 4) is 0 Å². The molecule has 1 aliphatic rings. The lowest BCUT2D eigenvalue weighted by atomic mass is 10.3. The van der Waals surface area contributed by atoms with Gasteiger partial charge in [-0.25, -0.2) is 9.48 Å². The molecule has 1 unspecified atom stereocenters. The molecule has 1 aliphatic heterocycles. The molecule has 7 nitrogen and oxygen atoms in total. The predicted octanol–water partition coefficient (Wildman–Crippen LogP) is -0.894. The van der Waals surface area contributed by atoms with Crippen molar-refractivity contribution in [3.05, 3.63) is 11.9 Å². The molecule has 2 N–H and O–H groups in total. The van der Waals surface area contributed by atoms with E-state index < -0.39 is 0 Å². The average Bonchev–Trinajstić information content (AvgIpc) is 2.78. The van der Waals surface area contributed by atoms with E-state index in [9.17, 15) is 4.79 Å². The zero-order valence-electron chi connectivity index (χ0n) is 8.43. The Balaban J connectivity index is 1.90. The van der Waals surface area contributed by atoms with Crippen LogP contribution in [-0.4, -0.2) is 40.8 Å². The number of aromatic nitrogens is 3. The van der Waals surface area contributed by atoms with E-state index in [0.717, 1.165) is 5.69 Å². The first kappa shape index (κ1) is 9.91. The number of carbonyl (C=O) groups excluding carboxylic acids is 1. The van der Waals surface area contributed by atoms with Crippen molar-refractivity contribution in [1.29, 1.82) is 0 Å². The first-order valence-electron chi connectivity index (χ1n) is 4.76. The lowest BCUT2D eigenvalue weighted by Gasteiger charge is -2.05. The summed E-state index contributed by atoms with van der Waals surface area (Å²) in [6.45, 7) is 1.75. The summed E-state index contributed by atoms with van der Waals surface area (Å²) in [6, 6.07) is 0. The molecule has 1 aromatic rings. The van der Waals surface area contributed by atoms with Gasteiger partial charge >= 0.3 is 6.09 Å². The van der Waals surface area contributed by atoms with Gasteiger partial charge in [0.05, 0.1) is 18.8 Å². The molecule has 1 aromatic heterocycles. The van der Waals surface area contributed by atoms with Gasteiger partial charge in [-0.1, -0.05) is 5.21 Å². The molecule has 1 fully saturated rings. The number of cyclic esters (lactones) is 1. The van der Waals surface area contributed by atoms with Gasteiger partial charge in [0.2, 0.25) is 0 Å². The first-order chi connectivity index (χ1) is 7.28. The molecule has 0 spiro atoms. The highest BCUT2D eigenvalue weighted by molar-refractivity contribution is 5.69. The average molecular weight is 211 g/mol. The van der Waals surface area contributed by atoms with E-state index in [1.54, 1.807) is 4.68 Å². The maximum atomic E-state index is 10.8. The van der Waals surface area contributed by atoms with Crippen LogP contribution in [0.25, 0.3) is 0 Å². The number of nitrogens with zero attached hydrogens (tertiary/aromatic N) is 3. The Labute approximate surface area is 86.8 Å². The Morgan fingerprint density at radius 2 is 2.67 bits per heavy atom. The highest BCUT2D eigenvalue weighted by Crippen LogP contribution is 2.03. The number of carbonyl (C=O) groups is 1. The van der Waals surface area contributed by atoms with E-state index in [4.69, 9.17) is 4.74 Å². The number of ether oxygens (including phenoxy) is 1. The van der Waals surface area contributed by atoms with E-state index in [1.807, 2.05) is 13.2 Å². The number of rotatable bonds is 4. The van der Waals surface area contributed by atoms with Crippen LogP contribution in [0.2, 0.25) is 0 Å². The second kappa shape index (κ2) is 4.26. The molecule has 1 saturated heterocycles. The summed E-state index contributed by atoms with van der Waals surface area (Å²) in [5.74, 6) is 0. The predicted molar refractivity (Wildman–Crippen MR) is 51.1 cm³/mol. The molecular formula is C8H13N5O2. The fourth-order valence-electron chi connectivity index (χ4n) is 1.43. The van der Waals surface area contributed by atoms with Crippen LogP contribution in [-0.2, 0) is 17.8 Å². The van der Waals surface area contributed by atoms with Gasteiger partial charge in [0.1, 0.15) is 6.10 Å². The topological polar surface area (TPSA) is 81.1 Å². The smallest absolute Gasteiger partial charge is 0.407 e. The van der Waals surface area contributed by atoms with Crippen molar-refractivity contribution in [3.63, 3.8) is 0 Å². The minimum Gasteiger partial charge on any atom is -0.442 e. The van der Waals surface area contributed by atoms with Crippen LogP contribution in [0.15, 0.2) is 6.20 Å². The molecule has 0 radical (unpaired) electrons. The monoisotopic (exact) mass is 211 g/mol. The molecular weight excluding hydrogens is 198 g/mol. The normalized spacial score (nSPS) is 20.1. The quantitative estimate of drug-likeness (QED) is 0.675. The summed E-state index contributed by atoms with van der Waals surface area (Å²) in [4.78, 5) is 10.8. The lowest BCUT2D eigenvalue weighted by molar-refractivity contribution is 0.128. The summed E-state index contributed by atoms with van der Waals surface area (Å²) in [7, 11) is 1.85. The minimum absolute atomic E-state index is 0.151. The van der Waals surface area contributed by atoms with Crippen LogP contribution in [0.5, 0.6) is 0 Å². The number of nitrogens with one attached hydrogen (secondary N) is 2. The van der Waals surface area contributed by atoms with Gasteiger partial charge in [-0.15, -0.1) is 5.10 Å². The lowest BCUT2D eigenvalue weighted by Crippen LogP contribution is -2.20. The van der Waals surface area contributed by atoms with Gasteiger partial charge in [0.15, 0.2) is 0 Å². The Hall–Kier alpha value is -1.63. The second-order valence-corrected chi connectivity index (χ2v) is 3.37. The maximum absolute atomic E-state index is 10.8. The molecule has 7 heteroatoms. The Morgan fingerprint density at radius 1 is 1.80 bits per heavy atom. The summed E-state index contributed by atoms with van der Waals surface area (Å²) >= 11 is 0. The van der Waals surface area contributed by atoms with Gasteiger partial charge in [-0.05, 0) is 7.05 Å². The van der Waals surface area contributed by atoms with Crippen LogP contribution < -0.4 is 10.6 Å². The number of amides is 1. The fraction of sp³-hybridized carbons (Fsp3) is 0.625. The van der Waals surface area contributed by atoms with Crippen LogP contribution in [0, 0.1) is 0 Å². The van der Waals surface area contributed by atoms with E-state index in [1.165, 1.54) is 0 Å². The highest BCUT2D eigenvalue weighted by atomic mass is 16.6. The van der Waals surface area contributed by atoms with Crippen molar-refractivity contribution >= 4 is 6.09 Å². The van der Waals surface area contributed by atoms with Crippen LogP contribution >= 0.6 is 0 Å². The van der Waals surface area contributed by atoms with E-state index >= 15 is 0 Å². The fourth-order valence-corrected chi connectivity index (χ4v) is 1.43. The molecule has 0 aliphatic carbocycles. The van der Waals surface area contributed by atoms with Gasteiger partial charge < -0.3 is 15.4 Å². The third kappa shape index (κ3) is 2.44. The largest absolute Gasteiger partial charge is 0.442 e. The molecule has 0 saturated carbocycles. The summed E-state index contributed by atoms with van der Waals surface area (Å²) < 4.78 is 6.66. The van der Waals surface area contributed by atoms with Crippen molar-refractivity contribution in [2.24, 2.45) is 0 Å². The first-order valence-corrected chi connectivity index (χ1v) is 4.76. The van der Waals surface area contributed by atoms with Crippen LogP contribution in [0.1, 0.15) is 5.69 Å². The number of hydrogen-bond acceptors (Lipinski definition) is 5. The summed E-state index contributed by atoms with van der Waals surface area (Å²) in [5, 5.41) is 13.5. The van der Waals surface area contributed by atoms with Crippen molar-refractivity contribution in [2.45, 2.75) is 19.2 Å². The number of hydrogen-bond donors (Lipinski definition) is 2. The Morgan fingerprint density at radius 3 is 3.33 bits per heavy atom. The zero-order chi connectivity index (χ0) is 10.7. The zero-order valence-corrected chi connectivity index (χ0v) is 8.43. The Kier molecular flexibility index (Phi) is 2.82. The second-order valence-electron chi connectivity index (χ2n) is 3.37. The maximum Gasteiger partial charge on any atom is 0.407 e. The van der Waals surface area contributed by atoms with Crippen molar-refractivity contribution < 1.29 is 9.53 Å².